The highest BCUT2D eigenvalue weighted by Gasteiger charge is 2.02. The first-order chi connectivity index (χ1) is 7.76. The molecular weight excluding hydrogens is 206 g/mol. The highest BCUT2D eigenvalue weighted by molar-refractivity contribution is 5.17. The molecule has 0 amide bonds. The standard InChI is InChI=1S/C11H19N3O2/c1-3-14-8-10(7-13-14)6-12-5-4-11(15)9-16-2/h3,7-8,11-12,15H,1,4-6,9H2,2H3. The van der Waals surface area contributed by atoms with Gasteiger partial charge in [-0.1, -0.05) is 6.58 Å². The van der Waals surface area contributed by atoms with Crippen LogP contribution in [-0.2, 0) is 11.3 Å². The Morgan fingerprint density at radius 1 is 1.75 bits per heavy atom. The Morgan fingerprint density at radius 3 is 3.19 bits per heavy atom. The molecule has 5 heteroatoms. The van der Waals surface area contributed by atoms with E-state index in [2.05, 4.69) is 17.0 Å². The Labute approximate surface area is 95.7 Å². The Morgan fingerprint density at radius 2 is 2.56 bits per heavy atom. The SMILES string of the molecule is C=Cn1cc(CNCCC(O)COC)cn1. The number of nitrogens with zero attached hydrogens (tertiary/aromatic N) is 2. The second-order valence-electron chi connectivity index (χ2n) is 3.59. The van der Waals surface area contributed by atoms with Gasteiger partial charge >= 0.3 is 0 Å². The van der Waals surface area contributed by atoms with Gasteiger partial charge in [0.15, 0.2) is 0 Å². The molecule has 90 valence electrons. The molecule has 1 atom stereocenters. The third-order valence-electron chi connectivity index (χ3n) is 2.18. The molecule has 5 nitrogen and oxygen atoms in total. The van der Waals surface area contributed by atoms with Crippen LogP contribution in [0.5, 0.6) is 0 Å². The molecule has 0 aliphatic heterocycles. The van der Waals surface area contributed by atoms with Crippen molar-refractivity contribution in [3.05, 3.63) is 24.5 Å². The molecule has 2 N–H and O–H groups in total. The summed E-state index contributed by atoms with van der Waals surface area (Å²) in [5.41, 5.74) is 1.10. The van der Waals surface area contributed by atoms with E-state index in [-0.39, 0.29) is 0 Å². The van der Waals surface area contributed by atoms with Crippen LogP contribution in [0.4, 0.5) is 0 Å². The van der Waals surface area contributed by atoms with Crippen LogP contribution in [0.2, 0.25) is 0 Å². The van der Waals surface area contributed by atoms with Gasteiger partial charge in [0.05, 0.1) is 18.9 Å². The second-order valence-corrected chi connectivity index (χ2v) is 3.59. The van der Waals surface area contributed by atoms with E-state index in [1.165, 1.54) is 0 Å². The van der Waals surface area contributed by atoms with Crippen LogP contribution in [0.1, 0.15) is 12.0 Å². The minimum absolute atomic E-state index is 0.385. The summed E-state index contributed by atoms with van der Waals surface area (Å²) >= 11 is 0. The number of rotatable bonds is 8. The highest BCUT2D eigenvalue weighted by atomic mass is 16.5. The summed E-state index contributed by atoms with van der Waals surface area (Å²) in [5.74, 6) is 0. The quantitative estimate of drug-likeness (QED) is 0.631. The Kier molecular flexibility index (Phi) is 5.77. The van der Waals surface area contributed by atoms with E-state index < -0.39 is 6.10 Å². The van der Waals surface area contributed by atoms with Crippen molar-refractivity contribution in [3.63, 3.8) is 0 Å². The summed E-state index contributed by atoms with van der Waals surface area (Å²) in [4.78, 5) is 0. The molecule has 0 aliphatic rings. The number of aromatic nitrogens is 2. The first kappa shape index (κ1) is 12.9. The average Bonchev–Trinajstić information content (AvgIpc) is 2.73. The molecule has 1 rings (SSSR count). The van der Waals surface area contributed by atoms with Crippen molar-refractivity contribution in [2.75, 3.05) is 20.3 Å². The molecule has 0 aliphatic carbocycles. The number of ether oxygens (including phenoxy) is 1. The maximum atomic E-state index is 9.39. The molecule has 0 bridgehead atoms. The van der Waals surface area contributed by atoms with Crippen molar-refractivity contribution in [1.82, 2.24) is 15.1 Å². The predicted octanol–water partition coefficient (Wildman–Crippen LogP) is 0.471. The number of hydrogen-bond donors (Lipinski definition) is 2. The van der Waals surface area contributed by atoms with Crippen molar-refractivity contribution in [3.8, 4) is 0 Å². The van der Waals surface area contributed by atoms with Gasteiger partial charge in [0, 0.05) is 31.6 Å². The zero-order chi connectivity index (χ0) is 11.8. The zero-order valence-electron chi connectivity index (χ0n) is 9.59. The molecule has 0 saturated carbocycles. The molecule has 0 fully saturated rings. The van der Waals surface area contributed by atoms with Crippen molar-refractivity contribution in [2.24, 2.45) is 0 Å². The summed E-state index contributed by atoms with van der Waals surface area (Å²) in [5, 5.41) is 16.7. The van der Waals surface area contributed by atoms with Gasteiger partial charge < -0.3 is 15.2 Å². The van der Waals surface area contributed by atoms with Gasteiger partial charge in [-0.05, 0) is 13.0 Å². The van der Waals surface area contributed by atoms with Gasteiger partial charge in [0.2, 0.25) is 0 Å². The summed E-state index contributed by atoms with van der Waals surface area (Å²) in [6.45, 7) is 5.50. The van der Waals surface area contributed by atoms with E-state index in [0.717, 1.165) is 18.7 Å². The molecule has 0 spiro atoms. The lowest BCUT2D eigenvalue weighted by atomic mass is 10.2. The number of aliphatic hydroxyl groups excluding tert-OH is 1. The predicted molar refractivity (Wildman–Crippen MR) is 62.8 cm³/mol. The average molecular weight is 225 g/mol. The van der Waals surface area contributed by atoms with Crippen LogP contribution in [0.15, 0.2) is 19.0 Å². The smallest absolute Gasteiger partial charge is 0.0785 e. The third kappa shape index (κ3) is 4.57. The van der Waals surface area contributed by atoms with Crippen molar-refractivity contribution >= 4 is 6.20 Å². The maximum Gasteiger partial charge on any atom is 0.0785 e. The lowest BCUT2D eigenvalue weighted by Crippen LogP contribution is -2.22. The van der Waals surface area contributed by atoms with Gasteiger partial charge in [0.1, 0.15) is 0 Å². The van der Waals surface area contributed by atoms with Crippen molar-refractivity contribution in [2.45, 2.75) is 19.1 Å². The highest BCUT2D eigenvalue weighted by Crippen LogP contribution is 1.97. The van der Waals surface area contributed by atoms with Gasteiger partial charge in [-0.25, -0.2) is 4.68 Å². The fourth-order valence-corrected chi connectivity index (χ4v) is 1.35. The Bertz CT molecular complexity index is 312. The largest absolute Gasteiger partial charge is 0.391 e. The van der Waals surface area contributed by atoms with Crippen LogP contribution in [0.3, 0.4) is 0 Å². The van der Waals surface area contributed by atoms with E-state index >= 15 is 0 Å². The normalized spacial score (nSPS) is 12.6. The lowest BCUT2D eigenvalue weighted by Gasteiger charge is -2.09. The minimum Gasteiger partial charge on any atom is -0.391 e. The number of methoxy groups -OCH3 is 1. The van der Waals surface area contributed by atoms with Crippen LogP contribution >= 0.6 is 0 Å². The summed E-state index contributed by atoms with van der Waals surface area (Å²) in [6.07, 6.45) is 5.63. The summed E-state index contributed by atoms with van der Waals surface area (Å²) in [6, 6.07) is 0. The molecule has 0 aromatic carbocycles. The van der Waals surface area contributed by atoms with E-state index in [0.29, 0.717) is 13.0 Å². The molecule has 1 aromatic rings. The summed E-state index contributed by atoms with van der Waals surface area (Å²) < 4.78 is 6.50. The van der Waals surface area contributed by atoms with E-state index in [1.54, 1.807) is 24.2 Å². The maximum absolute atomic E-state index is 9.39. The van der Waals surface area contributed by atoms with Gasteiger partial charge in [0.25, 0.3) is 0 Å². The van der Waals surface area contributed by atoms with Crippen LogP contribution < -0.4 is 5.32 Å². The molecule has 1 unspecified atom stereocenters. The number of hydrogen-bond acceptors (Lipinski definition) is 4. The second kappa shape index (κ2) is 7.16. The zero-order valence-corrected chi connectivity index (χ0v) is 9.59. The number of nitrogens with one attached hydrogen (secondary N) is 1. The Hall–Kier alpha value is -1.17. The minimum atomic E-state index is -0.395. The molecule has 16 heavy (non-hydrogen) atoms. The lowest BCUT2D eigenvalue weighted by molar-refractivity contribution is 0.0594. The fourth-order valence-electron chi connectivity index (χ4n) is 1.35. The van der Waals surface area contributed by atoms with E-state index in [9.17, 15) is 5.11 Å². The van der Waals surface area contributed by atoms with E-state index in [4.69, 9.17) is 4.74 Å². The number of aliphatic hydroxyl groups is 1. The fraction of sp³-hybridized carbons (Fsp3) is 0.545. The molecular formula is C11H19N3O2. The van der Waals surface area contributed by atoms with Crippen LogP contribution in [0.25, 0.3) is 6.20 Å². The summed E-state index contributed by atoms with van der Waals surface area (Å²) in [7, 11) is 1.58. The molecule has 1 aromatic heterocycles. The van der Waals surface area contributed by atoms with Gasteiger partial charge in [-0.3, -0.25) is 0 Å². The van der Waals surface area contributed by atoms with E-state index in [1.807, 2.05) is 6.20 Å². The topological polar surface area (TPSA) is 59.3 Å². The molecule has 1 heterocycles. The van der Waals surface area contributed by atoms with Gasteiger partial charge in [-0.2, -0.15) is 5.10 Å². The van der Waals surface area contributed by atoms with Crippen LogP contribution in [-0.4, -0.2) is 41.3 Å². The van der Waals surface area contributed by atoms with Crippen molar-refractivity contribution in [1.29, 1.82) is 0 Å². The first-order valence-electron chi connectivity index (χ1n) is 5.29. The molecule has 0 saturated heterocycles. The van der Waals surface area contributed by atoms with Gasteiger partial charge in [-0.15, -0.1) is 0 Å². The van der Waals surface area contributed by atoms with Crippen molar-refractivity contribution < 1.29 is 9.84 Å². The molecule has 0 radical (unpaired) electrons. The third-order valence-corrected chi connectivity index (χ3v) is 2.18. The monoisotopic (exact) mass is 225 g/mol. The van der Waals surface area contributed by atoms with Crippen LogP contribution in [0, 0.1) is 0 Å². The first-order valence-corrected chi connectivity index (χ1v) is 5.29. The Balaban J connectivity index is 2.13.